The number of fused-ring (bicyclic) bond motifs is 1. The summed E-state index contributed by atoms with van der Waals surface area (Å²) in [5.74, 6) is 1.43. The molecule has 0 aliphatic heterocycles. The van der Waals surface area contributed by atoms with Gasteiger partial charge in [0.2, 0.25) is 5.88 Å². The van der Waals surface area contributed by atoms with Gasteiger partial charge in [-0.25, -0.2) is 9.50 Å². The van der Waals surface area contributed by atoms with Crippen molar-refractivity contribution in [3.63, 3.8) is 0 Å². The lowest BCUT2D eigenvalue weighted by atomic mass is 9.86. The van der Waals surface area contributed by atoms with Crippen LogP contribution in [0.5, 0.6) is 5.88 Å². The van der Waals surface area contributed by atoms with Crippen molar-refractivity contribution in [1.82, 2.24) is 14.6 Å². The number of ether oxygens (including phenoxy) is 1. The van der Waals surface area contributed by atoms with Crippen LogP contribution in [-0.4, -0.2) is 21.2 Å². The van der Waals surface area contributed by atoms with E-state index < -0.39 is 0 Å². The van der Waals surface area contributed by atoms with Crippen LogP contribution < -0.4 is 4.74 Å². The zero-order valence-corrected chi connectivity index (χ0v) is 8.47. The average molecular weight is 203 g/mol. The maximum atomic E-state index is 5.63. The molecule has 2 aromatic rings. The summed E-state index contributed by atoms with van der Waals surface area (Å²) in [4.78, 5) is 4.13. The lowest BCUT2D eigenvalue weighted by molar-refractivity contribution is 0.174. The molecule has 4 heteroatoms. The van der Waals surface area contributed by atoms with E-state index in [4.69, 9.17) is 4.74 Å². The van der Waals surface area contributed by atoms with Gasteiger partial charge in [0, 0.05) is 18.5 Å². The van der Waals surface area contributed by atoms with Gasteiger partial charge in [0.15, 0.2) is 5.65 Å². The predicted molar refractivity (Wildman–Crippen MR) is 55.8 cm³/mol. The van der Waals surface area contributed by atoms with Gasteiger partial charge in [-0.05, 0) is 24.8 Å². The molecule has 0 aromatic carbocycles. The van der Waals surface area contributed by atoms with Gasteiger partial charge in [-0.2, -0.15) is 0 Å². The first-order valence-corrected chi connectivity index (χ1v) is 5.35. The average Bonchev–Trinajstić information content (AvgIpc) is 2.62. The van der Waals surface area contributed by atoms with Crippen LogP contribution in [0.15, 0.2) is 24.5 Å². The summed E-state index contributed by atoms with van der Waals surface area (Å²) < 4.78 is 7.36. The Labute approximate surface area is 87.9 Å². The minimum Gasteiger partial charge on any atom is -0.476 e. The van der Waals surface area contributed by atoms with E-state index in [0.717, 1.165) is 18.2 Å². The normalized spacial score (nSPS) is 16.5. The van der Waals surface area contributed by atoms with Crippen molar-refractivity contribution in [3.8, 4) is 5.88 Å². The monoisotopic (exact) mass is 203 g/mol. The van der Waals surface area contributed by atoms with Crippen LogP contribution >= 0.6 is 0 Å². The van der Waals surface area contributed by atoms with Gasteiger partial charge < -0.3 is 4.74 Å². The molecule has 2 aromatic heterocycles. The van der Waals surface area contributed by atoms with Gasteiger partial charge >= 0.3 is 0 Å². The third-order valence-electron chi connectivity index (χ3n) is 2.92. The molecule has 1 fully saturated rings. The van der Waals surface area contributed by atoms with Crippen molar-refractivity contribution in [1.29, 1.82) is 0 Å². The first kappa shape index (κ1) is 8.71. The first-order chi connectivity index (χ1) is 7.42. The molecule has 0 spiro atoms. The van der Waals surface area contributed by atoms with Crippen molar-refractivity contribution in [2.75, 3.05) is 6.61 Å². The van der Waals surface area contributed by atoms with Crippen molar-refractivity contribution in [2.45, 2.75) is 19.3 Å². The minimum atomic E-state index is 0.687. The van der Waals surface area contributed by atoms with Gasteiger partial charge in [0.1, 0.15) is 0 Å². The summed E-state index contributed by atoms with van der Waals surface area (Å²) >= 11 is 0. The highest BCUT2D eigenvalue weighted by Crippen LogP contribution is 2.26. The highest BCUT2D eigenvalue weighted by atomic mass is 16.5. The van der Waals surface area contributed by atoms with Gasteiger partial charge in [-0.3, -0.25) is 0 Å². The zero-order chi connectivity index (χ0) is 10.1. The standard InChI is InChI=1S/C11H13N3O/c1-2-9(3-1)8-15-11-5-4-10-12-6-7-14(10)13-11/h4-7,9H,1-3,8H2. The molecule has 0 radical (unpaired) electrons. The van der Waals surface area contributed by atoms with Crippen LogP contribution in [0, 0.1) is 5.92 Å². The molecule has 78 valence electrons. The second-order valence-corrected chi connectivity index (χ2v) is 4.01. The van der Waals surface area contributed by atoms with Gasteiger partial charge in [0.05, 0.1) is 6.61 Å². The minimum absolute atomic E-state index is 0.687. The largest absolute Gasteiger partial charge is 0.476 e. The molecule has 4 nitrogen and oxygen atoms in total. The molecule has 3 rings (SSSR count). The SMILES string of the molecule is c1cn2nc(OCC3CCC3)ccc2n1. The third kappa shape index (κ3) is 1.67. The number of rotatable bonds is 3. The van der Waals surface area contributed by atoms with Gasteiger partial charge in [0.25, 0.3) is 0 Å². The molecule has 0 saturated heterocycles. The van der Waals surface area contributed by atoms with E-state index in [1.54, 1.807) is 10.7 Å². The lowest BCUT2D eigenvalue weighted by Crippen LogP contribution is -2.19. The van der Waals surface area contributed by atoms with Gasteiger partial charge in [-0.1, -0.05) is 6.42 Å². The molecule has 1 saturated carbocycles. The predicted octanol–water partition coefficient (Wildman–Crippen LogP) is 1.91. The topological polar surface area (TPSA) is 39.4 Å². The second kappa shape index (κ2) is 3.53. The zero-order valence-electron chi connectivity index (χ0n) is 8.47. The second-order valence-electron chi connectivity index (χ2n) is 4.01. The van der Waals surface area contributed by atoms with E-state index in [9.17, 15) is 0 Å². The quantitative estimate of drug-likeness (QED) is 0.765. The Bertz CT molecular complexity index is 462. The molecule has 0 N–H and O–H groups in total. The maximum Gasteiger partial charge on any atom is 0.231 e. The molecular formula is C11H13N3O. The smallest absolute Gasteiger partial charge is 0.231 e. The van der Waals surface area contributed by atoms with Crippen molar-refractivity contribution in [3.05, 3.63) is 24.5 Å². The highest BCUT2D eigenvalue weighted by Gasteiger charge is 2.18. The van der Waals surface area contributed by atoms with E-state index >= 15 is 0 Å². The van der Waals surface area contributed by atoms with Gasteiger partial charge in [-0.15, -0.1) is 5.10 Å². The molecule has 0 bridgehead atoms. The molecule has 0 amide bonds. The Morgan fingerprint density at radius 3 is 3.13 bits per heavy atom. The molecule has 1 aliphatic rings. The number of imidazole rings is 1. The van der Waals surface area contributed by atoms with Crippen LogP contribution in [0.3, 0.4) is 0 Å². The summed E-state index contributed by atoms with van der Waals surface area (Å²) in [5.41, 5.74) is 0.853. The molecule has 1 aliphatic carbocycles. The highest BCUT2D eigenvalue weighted by molar-refractivity contribution is 5.37. The Kier molecular flexibility index (Phi) is 2.05. The fourth-order valence-electron chi connectivity index (χ4n) is 1.74. The van der Waals surface area contributed by atoms with Crippen molar-refractivity contribution in [2.24, 2.45) is 5.92 Å². The van der Waals surface area contributed by atoms with Crippen LogP contribution in [0.4, 0.5) is 0 Å². The molecule has 2 heterocycles. The van der Waals surface area contributed by atoms with Crippen LogP contribution in [-0.2, 0) is 0 Å². The maximum absolute atomic E-state index is 5.63. The number of hydrogen-bond donors (Lipinski definition) is 0. The van der Waals surface area contributed by atoms with Crippen molar-refractivity contribution < 1.29 is 4.74 Å². The van der Waals surface area contributed by atoms with E-state index in [-0.39, 0.29) is 0 Å². The summed E-state index contributed by atoms with van der Waals surface area (Å²) in [7, 11) is 0. The van der Waals surface area contributed by atoms with E-state index in [0.29, 0.717) is 5.88 Å². The molecule has 0 unspecified atom stereocenters. The molecular weight excluding hydrogens is 190 g/mol. The Balaban J connectivity index is 1.72. The van der Waals surface area contributed by atoms with Crippen LogP contribution in [0.2, 0.25) is 0 Å². The van der Waals surface area contributed by atoms with E-state index in [2.05, 4.69) is 10.1 Å². The lowest BCUT2D eigenvalue weighted by Gasteiger charge is -2.24. The first-order valence-electron chi connectivity index (χ1n) is 5.35. The Hall–Kier alpha value is -1.58. The van der Waals surface area contributed by atoms with Crippen molar-refractivity contribution >= 4 is 5.65 Å². The number of hydrogen-bond acceptors (Lipinski definition) is 3. The summed E-state index contributed by atoms with van der Waals surface area (Å²) in [6.45, 7) is 0.799. The number of aromatic nitrogens is 3. The van der Waals surface area contributed by atoms with E-state index in [1.165, 1.54) is 19.3 Å². The molecule has 0 atom stereocenters. The summed E-state index contributed by atoms with van der Waals surface area (Å²) in [5, 5.41) is 4.30. The Morgan fingerprint density at radius 1 is 1.40 bits per heavy atom. The fourth-order valence-corrected chi connectivity index (χ4v) is 1.74. The Morgan fingerprint density at radius 2 is 2.33 bits per heavy atom. The third-order valence-corrected chi connectivity index (χ3v) is 2.92. The molecule has 15 heavy (non-hydrogen) atoms. The summed E-state index contributed by atoms with van der Waals surface area (Å²) in [6.07, 6.45) is 7.51. The summed E-state index contributed by atoms with van der Waals surface area (Å²) in [6, 6.07) is 3.80. The van der Waals surface area contributed by atoms with E-state index in [1.807, 2.05) is 18.3 Å². The van der Waals surface area contributed by atoms with Crippen LogP contribution in [0.1, 0.15) is 19.3 Å². The number of nitrogens with zero attached hydrogens (tertiary/aromatic N) is 3. The van der Waals surface area contributed by atoms with Crippen LogP contribution in [0.25, 0.3) is 5.65 Å². The fraction of sp³-hybridized carbons (Fsp3) is 0.455.